The molecule has 6 heteroatoms. The molecule has 116 valence electrons. The predicted molar refractivity (Wildman–Crippen MR) is 74.9 cm³/mol. The second-order valence-electron chi connectivity index (χ2n) is 6.10. The summed E-state index contributed by atoms with van der Waals surface area (Å²) in [5.74, 6) is -0.984. The van der Waals surface area contributed by atoms with E-state index in [1.54, 1.807) is 20.8 Å². The van der Waals surface area contributed by atoms with Crippen LogP contribution in [0.4, 0.5) is 13.6 Å². The van der Waals surface area contributed by atoms with Crippen LogP contribution in [-0.2, 0) is 4.74 Å². The van der Waals surface area contributed by atoms with Crippen molar-refractivity contribution in [2.24, 2.45) is 0 Å². The number of benzene rings is 1. The third-order valence-corrected chi connectivity index (χ3v) is 3.16. The second-order valence-corrected chi connectivity index (χ2v) is 6.10. The molecule has 0 saturated carbocycles. The lowest BCUT2D eigenvalue weighted by Crippen LogP contribution is -2.49. The molecule has 2 rings (SSSR count). The van der Waals surface area contributed by atoms with Crippen molar-refractivity contribution in [2.75, 3.05) is 19.6 Å². The average molecular weight is 298 g/mol. The average Bonchev–Trinajstić information content (AvgIpc) is 2.40. The number of halogens is 2. The molecule has 1 N–H and O–H groups in total. The molecule has 1 atom stereocenters. The van der Waals surface area contributed by atoms with Crippen LogP contribution in [-0.4, -0.2) is 36.2 Å². The quantitative estimate of drug-likeness (QED) is 0.867. The maximum Gasteiger partial charge on any atom is 0.410 e. The fourth-order valence-electron chi connectivity index (χ4n) is 2.23. The number of hydrogen-bond donors (Lipinski definition) is 1. The van der Waals surface area contributed by atoms with E-state index in [0.29, 0.717) is 13.1 Å². The Labute approximate surface area is 123 Å². The van der Waals surface area contributed by atoms with Crippen LogP contribution in [0.1, 0.15) is 32.4 Å². The molecule has 1 aliphatic rings. The Morgan fingerprint density at radius 2 is 2.10 bits per heavy atom. The number of amides is 1. The van der Waals surface area contributed by atoms with Crippen LogP contribution < -0.4 is 5.32 Å². The molecule has 21 heavy (non-hydrogen) atoms. The molecular weight excluding hydrogens is 278 g/mol. The molecule has 1 heterocycles. The Bertz CT molecular complexity index is 529. The van der Waals surface area contributed by atoms with Crippen LogP contribution in [0.5, 0.6) is 0 Å². The van der Waals surface area contributed by atoms with Crippen molar-refractivity contribution in [1.82, 2.24) is 10.2 Å². The van der Waals surface area contributed by atoms with Gasteiger partial charge in [-0.25, -0.2) is 13.6 Å². The Morgan fingerprint density at radius 3 is 2.76 bits per heavy atom. The third kappa shape index (κ3) is 4.14. The van der Waals surface area contributed by atoms with Crippen LogP contribution in [0.15, 0.2) is 18.2 Å². The summed E-state index contributed by atoms with van der Waals surface area (Å²) in [7, 11) is 0. The number of hydrogen-bond acceptors (Lipinski definition) is 3. The minimum Gasteiger partial charge on any atom is -0.444 e. The highest BCUT2D eigenvalue weighted by Crippen LogP contribution is 2.22. The lowest BCUT2D eigenvalue weighted by Gasteiger charge is -2.35. The second kappa shape index (κ2) is 5.97. The van der Waals surface area contributed by atoms with E-state index in [1.807, 2.05) is 0 Å². The Morgan fingerprint density at radius 1 is 1.38 bits per heavy atom. The van der Waals surface area contributed by atoms with Gasteiger partial charge in [0.1, 0.15) is 17.2 Å². The maximum absolute atomic E-state index is 13.8. The largest absolute Gasteiger partial charge is 0.444 e. The smallest absolute Gasteiger partial charge is 0.410 e. The SMILES string of the molecule is CC(C)(C)OC(=O)N1CCNC(c2cc(F)ccc2F)C1. The molecular formula is C15H20F2N2O2. The van der Waals surface area contributed by atoms with Gasteiger partial charge in [-0.1, -0.05) is 0 Å². The molecule has 1 amide bonds. The summed E-state index contributed by atoms with van der Waals surface area (Å²) in [6.45, 7) is 6.59. The predicted octanol–water partition coefficient (Wildman–Crippen LogP) is 2.85. The molecule has 1 aromatic carbocycles. The zero-order valence-electron chi connectivity index (χ0n) is 12.5. The molecule has 0 spiro atoms. The van der Waals surface area contributed by atoms with E-state index in [4.69, 9.17) is 4.74 Å². The molecule has 0 radical (unpaired) electrons. The highest BCUT2D eigenvalue weighted by Gasteiger charge is 2.29. The van der Waals surface area contributed by atoms with Gasteiger partial charge < -0.3 is 15.0 Å². The van der Waals surface area contributed by atoms with Gasteiger partial charge in [0.2, 0.25) is 0 Å². The lowest BCUT2D eigenvalue weighted by atomic mass is 10.0. The van der Waals surface area contributed by atoms with Crippen LogP contribution >= 0.6 is 0 Å². The molecule has 0 bridgehead atoms. The molecule has 0 aromatic heterocycles. The number of rotatable bonds is 1. The minimum atomic E-state index is -0.582. The number of ether oxygens (including phenoxy) is 1. The molecule has 1 fully saturated rings. The van der Waals surface area contributed by atoms with Crippen molar-refractivity contribution in [3.05, 3.63) is 35.4 Å². The molecule has 0 aliphatic carbocycles. The van der Waals surface area contributed by atoms with Crippen LogP contribution in [0.25, 0.3) is 0 Å². The number of nitrogens with zero attached hydrogens (tertiary/aromatic N) is 1. The van der Waals surface area contributed by atoms with E-state index in [0.717, 1.165) is 18.2 Å². The summed E-state index contributed by atoms with van der Waals surface area (Å²) in [5.41, 5.74) is -0.357. The number of carbonyl (C=O) groups excluding carboxylic acids is 1. The third-order valence-electron chi connectivity index (χ3n) is 3.16. The summed E-state index contributed by atoms with van der Waals surface area (Å²) in [4.78, 5) is 13.6. The van der Waals surface area contributed by atoms with E-state index in [9.17, 15) is 13.6 Å². The van der Waals surface area contributed by atoms with Crippen molar-refractivity contribution in [3.63, 3.8) is 0 Å². The number of nitrogens with one attached hydrogen (secondary N) is 1. The van der Waals surface area contributed by atoms with Crippen molar-refractivity contribution in [3.8, 4) is 0 Å². The van der Waals surface area contributed by atoms with E-state index < -0.39 is 29.4 Å². The first-order valence-electron chi connectivity index (χ1n) is 6.92. The Hall–Kier alpha value is -1.69. The zero-order valence-corrected chi connectivity index (χ0v) is 12.5. The van der Waals surface area contributed by atoms with E-state index >= 15 is 0 Å². The fraction of sp³-hybridized carbons (Fsp3) is 0.533. The standard InChI is InChI=1S/C15H20F2N2O2/c1-15(2,3)21-14(20)19-7-6-18-13(9-19)11-8-10(16)4-5-12(11)17/h4-5,8,13,18H,6-7,9H2,1-3H3. The topological polar surface area (TPSA) is 41.6 Å². The first kappa shape index (κ1) is 15.7. The molecule has 1 aliphatic heterocycles. The van der Waals surface area contributed by atoms with E-state index in [-0.39, 0.29) is 12.1 Å². The van der Waals surface area contributed by atoms with E-state index in [2.05, 4.69) is 5.32 Å². The highest BCUT2D eigenvalue weighted by molar-refractivity contribution is 5.68. The van der Waals surface area contributed by atoms with Gasteiger partial charge in [-0.2, -0.15) is 0 Å². The summed E-state index contributed by atoms with van der Waals surface area (Å²) in [5, 5.41) is 3.10. The van der Waals surface area contributed by atoms with Gasteiger partial charge in [0.25, 0.3) is 0 Å². The van der Waals surface area contributed by atoms with Crippen molar-refractivity contribution in [1.29, 1.82) is 0 Å². The Kier molecular flexibility index (Phi) is 4.46. The van der Waals surface area contributed by atoms with Crippen LogP contribution in [0.2, 0.25) is 0 Å². The minimum absolute atomic E-state index is 0.225. The normalized spacial score (nSPS) is 19.5. The van der Waals surface area contributed by atoms with Crippen LogP contribution in [0.3, 0.4) is 0 Å². The highest BCUT2D eigenvalue weighted by atomic mass is 19.1. The van der Waals surface area contributed by atoms with Crippen molar-refractivity contribution < 1.29 is 18.3 Å². The van der Waals surface area contributed by atoms with Crippen molar-refractivity contribution in [2.45, 2.75) is 32.4 Å². The lowest BCUT2D eigenvalue weighted by molar-refractivity contribution is 0.0193. The van der Waals surface area contributed by atoms with Gasteiger partial charge in [-0.3, -0.25) is 0 Å². The van der Waals surface area contributed by atoms with Crippen LogP contribution in [0, 0.1) is 11.6 Å². The zero-order chi connectivity index (χ0) is 15.6. The number of piperazine rings is 1. The van der Waals surface area contributed by atoms with Gasteiger partial charge in [0.15, 0.2) is 0 Å². The fourth-order valence-corrected chi connectivity index (χ4v) is 2.23. The number of carbonyl (C=O) groups is 1. The molecule has 1 aromatic rings. The van der Waals surface area contributed by atoms with Gasteiger partial charge in [0, 0.05) is 25.2 Å². The monoisotopic (exact) mass is 298 g/mol. The van der Waals surface area contributed by atoms with Gasteiger partial charge in [-0.05, 0) is 39.0 Å². The van der Waals surface area contributed by atoms with Gasteiger partial charge >= 0.3 is 6.09 Å². The van der Waals surface area contributed by atoms with Crippen molar-refractivity contribution >= 4 is 6.09 Å². The summed E-state index contributed by atoms with van der Waals surface area (Å²) in [6, 6.07) is 2.89. The van der Waals surface area contributed by atoms with Gasteiger partial charge in [-0.15, -0.1) is 0 Å². The van der Waals surface area contributed by atoms with Gasteiger partial charge in [0.05, 0.1) is 6.04 Å². The Balaban J connectivity index is 2.10. The first-order valence-corrected chi connectivity index (χ1v) is 6.92. The van der Waals surface area contributed by atoms with E-state index in [1.165, 1.54) is 4.90 Å². The maximum atomic E-state index is 13.8. The molecule has 1 unspecified atom stereocenters. The summed E-state index contributed by atoms with van der Waals surface area (Å²) in [6.07, 6.45) is -0.439. The first-order chi connectivity index (χ1) is 9.76. The molecule has 1 saturated heterocycles. The summed E-state index contributed by atoms with van der Waals surface area (Å²) >= 11 is 0. The molecule has 4 nitrogen and oxygen atoms in total. The summed E-state index contributed by atoms with van der Waals surface area (Å²) < 4.78 is 32.4.